The molecule has 0 aliphatic rings. The number of thiol groups is 8. The number of phenols is 1. The second-order valence-corrected chi connectivity index (χ2v) is 28.3. The normalized spacial score (nSPS) is 9.85. The minimum atomic E-state index is -3.36. The molecule has 3 aromatic rings. The van der Waals surface area contributed by atoms with Crippen LogP contribution in [0.1, 0.15) is 84.9 Å². The monoisotopic (exact) mass is 1870 g/mol. The first-order chi connectivity index (χ1) is 43.5. The van der Waals surface area contributed by atoms with Crippen molar-refractivity contribution in [3.63, 3.8) is 0 Å². The fourth-order valence-electron chi connectivity index (χ4n) is 3.54. The number of benzene rings is 3. The number of alkyl halides is 2. The summed E-state index contributed by atoms with van der Waals surface area (Å²) in [7, 11) is 5.55. The number of carboxylic acids is 2. The van der Waals surface area contributed by atoms with Crippen LogP contribution in [0.2, 0.25) is 0 Å². The maximum absolute atomic E-state index is 11.4. The second kappa shape index (κ2) is 87.1. The molecule has 0 heterocycles. The van der Waals surface area contributed by atoms with E-state index in [1.807, 2.05) is 48.5 Å². The minimum Gasteiger partial charge on any atom is -0.508 e. The Bertz CT molecular complexity index is 2400. The van der Waals surface area contributed by atoms with Gasteiger partial charge < -0.3 is 106 Å². The Morgan fingerprint density at radius 2 is 0.890 bits per heavy atom. The Morgan fingerprint density at radius 1 is 0.550 bits per heavy atom. The number of carbonyl (C=O) groups is 10. The number of rotatable bonds is 27. The van der Waals surface area contributed by atoms with Crippen molar-refractivity contribution in [2.24, 2.45) is 34.4 Å². The number of amides is 4. The van der Waals surface area contributed by atoms with Gasteiger partial charge in [0.15, 0.2) is 0 Å². The smallest absolute Gasteiger partial charge is 0.404 e. The van der Waals surface area contributed by atoms with E-state index in [1.54, 1.807) is 62.8 Å². The first kappa shape index (κ1) is 132. The first-order valence-corrected chi connectivity index (χ1v) is 35.7. The van der Waals surface area contributed by atoms with Crippen LogP contribution >= 0.6 is 142 Å². The van der Waals surface area contributed by atoms with Crippen molar-refractivity contribution in [3.8, 4) is 5.75 Å². The largest absolute Gasteiger partial charge is 0.508 e. The molecular formula is C58H101F2N6O19S12Y3-3. The van der Waals surface area contributed by atoms with Crippen LogP contribution in [0.5, 0.6) is 5.75 Å². The Hall–Kier alpha value is -0.788. The van der Waals surface area contributed by atoms with Gasteiger partial charge >= 0.3 is 30.0 Å². The molecule has 25 nitrogen and oxygen atoms in total. The zero-order valence-corrected chi connectivity index (χ0v) is 76.6. The van der Waals surface area contributed by atoms with Crippen LogP contribution in [0.4, 0.5) is 18.4 Å². The fourth-order valence-corrected chi connectivity index (χ4v) is 7.27. The number of hydrogen-bond acceptors (Lipinski definition) is 31. The van der Waals surface area contributed by atoms with E-state index in [1.165, 1.54) is 21.6 Å². The molecule has 2 unspecified atom stereocenters. The number of aliphatic hydroxyl groups is 1. The summed E-state index contributed by atoms with van der Waals surface area (Å²) in [5.41, 5.74) is 31.8. The van der Waals surface area contributed by atoms with Gasteiger partial charge in [0.05, 0.1) is 13.2 Å². The van der Waals surface area contributed by atoms with Gasteiger partial charge in [0.2, 0.25) is 5.91 Å². The molecule has 100 heavy (non-hydrogen) atoms. The zero-order valence-electron chi connectivity index (χ0n) is 57.7. The first-order valence-electron chi connectivity index (χ1n) is 26.2. The van der Waals surface area contributed by atoms with Gasteiger partial charge in [-0.1, -0.05) is 100 Å². The van der Waals surface area contributed by atoms with Crippen LogP contribution in [-0.2, 0) is 180 Å². The number of primary amides is 4. The summed E-state index contributed by atoms with van der Waals surface area (Å²) in [5.74, 6) is -4.10. The number of ether oxygens (including phenoxy) is 5. The number of carboxylic acid groups (broad SMARTS) is 2. The predicted octanol–water partition coefficient (Wildman–Crippen LogP) is 9.82. The van der Waals surface area contributed by atoms with Gasteiger partial charge in [-0.05, 0) is 92.3 Å². The Morgan fingerprint density at radius 3 is 1.09 bits per heavy atom. The Kier molecular flexibility index (Phi) is 115. The van der Waals surface area contributed by atoms with Crippen molar-refractivity contribution in [2.75, 3.05) is 48.6 Å². The summed E-state index contributed by atoms with van der Waals surface area (Å²) in [5, 5.41) is 34.6. The van der Waals surface area contributed by atoms with Crippen molar-refractivity contribution in [2.45, 2.75) is 130 Å². The van der Waals surface area contributed by atoms with Crippen LogP contribution < -0.4 is 34.4 Å². The molecule has 0 spiro atoms. The summed E-state index contributed by atoms with van der Waals surface area (Å²) < 4.78 is 44.1. The van der Waals surface area contributed by atoms with Crippen LogP contribution in [0, 0.1) is 22.3 Å². The van der Waals surface area contributed by atoms with Crippen LogP contribution in [0.25, 0.3) is 0 Å². The van der Waals surface area contributed by atoms with Crippen LogP contribution in [-0.4, -0.2) is 163 Å². The van der Waals surface area contributed by atoms with Gasteiger partial charge in [-0.3, -0.25) is 33.6 Å². The number of carbonyl (C=O) groups excluding carboxylic acids is 8. The summed E-state index contributed by atoms with van der Waals surface area (Å²) in [6.45, 7) is 16.7. The third-order valence-electron chi connectivity index (χ3n) is 8.46. The summed E-state index contributed by atoms with van der Waals surface area (Å²) in [6, 6.07) is 19.5. The van der Waals surface area contributed by atoms with Crippen LogP contribution in [0.15, 0.2) is 82.6 Å². The molecule has 0 saturated heterocycles. The molecule has 0 aliphatic heterocycles. The van der Waals surface area contributed by atoms with Gasteiger partial charge in [0.25, 0.3) is 25.3 Å². The van der Waals surface area contributed by atoms with E-state index in [-0.39, 0.29) is 152 Å². The molecule has 575 valence electrons. The second-order valence-electron chi connectivity index (χ2n) is 18.6. The number of hydrogen-bond donors (Lipinski definition) is 18. The van der Waals surface area contributed by atoms with Gasteiger partial charge in [-0.2, -0.15) is 59.3 Å². The number of aldehydes is 1. The molecular weight excluding hydrogens is 1770 g/mol. The van der Waals surface area contributed by atoms with E-state index in [0.29, 0.717) is 92.5 Å². The van der Waals surface area contributed by atoms with Gasteiger partial charge in [-0.25, -0.2) is 9.59 Å². The number of aliphatic carboxylic acids is 2. The predicted molar refractivity (Wildman–Crippen MR) is 418 cm³/mol. The quantitative estimate of drug-likeness (QED) is 0.00842. The van der Waals surface area contributed by atoms with E-state index in [4.69, 9.17) is 43.4 Å². The van der Waals surface area contributed by atoms with Crippen molar-refractivity contribution >= 4 is 204 Å². The van der Waals surface area contributed by atoms with E-state index in [0.717, 1.165) is 43.6 Å². The fraction of sp³-hybridized carbons (Fsp3) is 0.466. The molecule has 42 heteroatoms. The third-order valence-corrected chi connectivity index (χ3v) is 17.5. The van der Waals surface area contributed by atoms with E-state index < -0.39 is 57.5 Å². The molecule has 3 rings (SSSR count). The number of phenolic OH excluding ortho intramolecular Hbond substituents is 1. The van der Waals surface area contributed by atoms with E-state index >= 15 is 0 Å². The van der Waals surface area contributed by atoms with Gasteiger partial charge in [-0.15, -0.1) is 48.6 Å². The molecule has 0 aliphatic carbocycles. The van der Waals surface area contributed by atoms with Gasteiger partial charge in [0.1, 0.15) is 50.5 Å². The van der Waals surface area contributed by atoms with E-state index in [9.17, 15) is 56.7 Å². The number of aliphatic hydroxyl groups excluding tert-OH is 1. The summed E-state index contributed by atoms with van der Waals surface area (Å²) in [4.78, 5) is 100. The zero-order chi connectivity index (χ0) is 75.0. The van der Waals surface area contributed by atoms with E-state index in [2.05, 4.69) is 155 Å². The molecule has 4 amide bonds. The summed E-state index contributed by atoms with van der Waals surface area (Å²) >= 11 is 31.2. The SMILES string of the molecule is CC(C)(C)SS.CC(C)(SS)C(N)C(=O)O.CC(C)(SSCCO)C(N)C(=O)O.CC(F)(F)C(N)=O.NC(=O)CCS.NC(=O)OCCS.NC(=O)OCc1ccc(S)cc1.O=CCCS.O=COCCS.O=COCc1ccc(O)cc1.O=COCc1ccc(S)cc1.[CH3-].[CH3-].[CH3-].[Y].[Y].[Y]. The molecule has 0 saturated carbocycles. The van der Waals surface area contributed by atoms with Crippen LogP contribution in [0.3, 0.4) is 0 Å². The van der Waals surface area contributed by atoms with Gasteiger partial charge in [0, 0.05) is 159 Å². The molecule has 0 bridgehead atoms. The molecule has 16 N–H and O–H groups in total. The summed E-state index contributed by atoms with van der Waals surface area (Å²) in [6.07, 6.45) is 0.304. The third kappa shape index (κ3) is 106. The molecule has 0 fully saturated rings. The van der Waals surface area contributed by atoms with Crippen molar-refractivity contribution in [3.05, 3.63) is 112 Å². The van der Waals surface area contributed by atoms with Crippen molar-refractivity contribution in [1.82, 2.24) is 0 Å². The Labute approximate surface area is 724 Å². The maximum Gasteiger partial charge on any atom is 0.404 e. The molecule has 3 radical (unpaired) electrons. The number of nitrogens with two attached hydrogens (primary N) is 6. The average molecular weight is 1880 g/mol. The van der Waals surface area contributed by atoms with Crippen molar-refractivity contribution < 1.29 is 199 Å². The Balaban J connectivity index is -0.0000000682. The average Bonchev–Trinajstić information content (AvgIpc) is 1.02. The topological polar surface area (TPSA) is 454 Å². The number of aromatic hydroxyl groups is 1. The number of halogens is 2. The molecule has 2 atom stereocenters. The minimum absolute atomic E-state index is 0. The van der Waals surface area contributed by atoms with Crippen molar-refractivity contribution in [1.29, 1.82) is 0 Å². The molecule has 3 aromatic carbocycles. The standard InChI is InChI=1S/C8H9NO2S.C8H8O3.C8H8O2S.C7H15NO3S2.C5H11NO2S2.C4H10S2.C3H5F2NO.C3H7NO2S.C3H7NOS.C3H6O2S.C3H6OS.3CH3.3Y/c9-8(10)11-5-6-1-3-7(12)4-2-6;9-6-11-5-7-1-3-8(10)4-2-7;9-6-10-5-7-1-3-8(11)4-2-7;1-7(2,5(8)6(10)11)13-12-4-3-9;1-5(2,10-9)3(6)4(7)8;1-4(2,3)6-5;1-3(4,5)2(6)7;4-3(5)6-1-2-7;4-3(5)1-2-6;4-3-5-1-2-6;4-2-1-3-5;;;;;;/h1-4,12H,5H2,(H2,9,10);1-4,6,10H,5H2;1-4,6,11H,5H2;5,9H,3-4,8H2,1-2H3,(H,10,11);3,9H,6H2,1-2H3,(H,7,8);5H,1-3H3;1H3,(H2,6,7);7H,1-2H2,(H2,4,5);6H,1-2H2,(H2,4,5);3,6H,1-2H2;2,5H,1,3H2;3*1H3;;;/q;;;;;;;;;;;3*-1;;;. The molecule has 0 aromatic heterocycles. The maximum atomic E-state index is 11.4.